The molecule has 0 radical (unpaired) electrons. The molecule has 1 aliphatic carbocycles. The highest BCUT2D eigenvalue weighted by molar-refractivity contribution is 7.10. The number of hydrogen-bond acceptors (Lipinski definition) is 7. The topological polar surface area (TPSA) is 81.7 Å². The van der Waals surface area contributed by atoms with Gasteiger partial charge in [-0.05, 0) is 44.6 Å². The van der Waals surface area contributed by atoms with Gasteiger partial charge in [-0.1, -0.05) is 13.0 Å². The molecule has 0 saturated heterocycles. The van der Waals surface area contributed by atoms with Gasteiger partial charge in [0.15, 0.2) is 5.78 Å². The van der Waals surface area contributed by atoms with Crippen LogP contribution in [0.1, 0.15) is 44.9 Å². The Morgan fingerprint density at radius 1 is 1.32 bits per heavy atom. The van der Waals surface area contributed by atoms with E-state index in [1.165, 1.54) is 18.4 Å². The monoisotopic (exact) mass is 403 g/mol. The molecule has 6 nitrogen and oxygen atoms in total. The number of allylic oxidation sites excluding steroid dienone is 3. The molecule has 3 atom stereocenters. The quantitative estimate of drug-likeness (QED) is 0.614. The second kappa shape index (κ2) is 7.91. The van der Waals surface area contributed by atoms with E-state index in [1.807, 2.05) is 31.4 Å². The summed E-state index contributed by atoms with van der Waals surface area (Å²) in [4.78, 5) is 39.5. The predicted octanol–water partition coefficient (Wildman–Crippen LogP) is 3.31. The Hall–Kier alpha value is -2.41. The highest BCUT2D eigenvalue weighted by Gasteiger charge is 2.47. The SMILES string of the molecule is COC(=O)[C@@H]1C(=O)C2=C(C[C@H]1C)NC(C)=C(C(=O)OC(C)C)[C@H]2c1cccs1. The van der Waals surface area contributed by atoms with Gasteiger partial charge in [-0.25, -0.2) is 4.79 Å². The van der Waals surface area contributed by atoms with E-state index in [-0.39, 0.29) is 17.8 Å². The van der Waals surface area contributed by atoms with Crippen LogP contribution in [0.4, 0.5) is 0 Å². The van der Waals surface area contributed by atoms with Gasteiger partial charge >= 0.3 is 11.9 Å². The minimum absolute atomic E-state index is 0.188. The van der Waals surface area contributed by atoms with Crippen molar-refractivity contribution in [2.45, 2.75) is 46.1 Å². The van der Waals surface area contributed by atoms with Crippen LogP contribution < -0.4 is 5.32 Å². The van der Waals surface area contributed by atoms with E-state index in [0.717, 1.165) is 10.6 Å². The summed E-state index contributed by atoms with van der Waals surface area (Å²) in [6.45, 7) is 7.26. The molecule has 3 rings (SSSR count). The fourth-order valence-electron chi connectivity index (χ4n) is 3.97. The smallest absolute Gasteiger partial charge is 0.337 e. The number of Topliss-reactive ketones (excluding diaryl/α,β-unsaturated/α-hetero) is 1. The van der Waals surface area contributed by atoms with Gasteiger partial charge < -0.3 is 14.8 Å². The Kier molecular flexibility index (Phi) is 5.74. The number of nitrogens with one attached hydrogen (secondary N) is 1. The molecule has 1 N–H and O–H groups in total. The second-order valence-electron chi connectivity index (χ2n) is 7.50. The van der Waals surface area contributed by atoms with Gasteiger partial charge in [0.1, 0.15) is 5.92 Å². The molecule has 0 spiro atoms. The van der Waals surface area contributed by atoms with Crippen molar-refractivity contribution in [3.8, 4) is 0 Å². The lowest BCUT2D eigenvalue weighted by Gasteiger charge is -2.37. The zero-order valence-corrected chi connectivity index (χ0v) is 17.5. The van der Waals surface area contributed by atoms with E-state index >= 15 is 0 Å². The third-order valence-corrected chi connectivity index (χ3v) is 6.07. The van der Waals surface area contributed by atoms with E-state index in [1.54, 1.807) is 13.8 Å². The number of ketones is 1. The zero-order valence-electron chi connectivity index (χ0n) is 16.7. The van der Waals surface area contributed by atoms with Gasteiger partial charge in [-0.3, -0.25) is 9.59 Å². The van der Waals surface area contributed by atoms with E-state index in [4.69, 9.17) is 9.47 Å². The van der Waals surface area contributed by atoms with Gasteiger partial charge in [0.2, 0.25) is 0 Å². The Balaban J connectivity index is 2.13. The molecular weight excluding hydrogens is 378 g/mol. The minimum Gasteiger partial charge on any atom is -0.468 e. The molecular formula is C21H25NO5S. The summed E-state index contributed by atoms with van der Waals surface area (Å²) in [6.07, 6.45) is 0.254. The Bertz CT molecular complexity index is 865. The van der Waals surface area contributed by atoms with Crippen LogP contribution in [-0.4, -0.2) is 30.9 Å². The molecule has 0 bridgehead atoms. The number of ether oxygens (including phenoxy) is 2. The minimum atomic E-state index is -0.867. The first kappa shape index (κ1) is 20.3. The number of carbonyl (C=O) groups is 3. The number of carbonyl (C=O) groups excluding carboxylic acids is 3. The fourth-order valence-corrected chi connectivity index (χ4v) is 4.81. The van der Waals surface area contributed by atoms with Crippen LogP contribution in [0.2, 0.25) is 0 Å². The van der Waals surface area contributed by atoms with Gasteiger partial charge in [-0.2, -0.15) is 0 Å². The van der Waals surface area contributed by atoms with Crippen LogP contribution in [0.15, 0.2) is 40.1 Å². The molecule has 0 saturated carbocycles. The number of methoxy groups -OCH3 is 1. The highest BCUT2D eigenvalue weighted by atomic mass is 32.1. The van der Waals surface area contributed by atoms with Gasteiger partial charge in [0.05, 0.1) is 24.7 Å². The summed E-state index contributed by atoms with van der Waals surface area (Å²) in [7, 11) is 1.29. The number of hydrogen-bond donors (Lipinski definition) is 1. The lowest BCUT2D eigenvalue weighted by molar-refractivity contribution is -0.151. The maximum Gasteiger partial charge on any atom is 0.337 e. The van der Waals surface area contributed by atoms with Crippen LogP contribution in [0.25, 0.3) is 0 Å². The summed E-state index contributed by atoms with van der Waals surface area (Å²) in [6, 6.07) is 3.79. The number of thiophene rings is 1. The first-order chi connectivity index (χ1) is 13.3. The molecule has 1 aromatic heterocycles. The Morgan fingerprint density at radius 3 is 2.61 bits per heavy atom. The normalized spacial score (nSPS) is 24.8. The summed E-state index contributed by atoms with van der Waals surface area (Å²) >= 11 is 1.47. The van der Waals surface area contributed by atoms with Crippen LogP contribution in [0.5, 0.6) is 0 Å². The van der Waals surface area contributed by atoms with Crippen LogP contribution >= 0.6 is 11.3 Å². The predicted molar refractivity (Wildman–Crippen MR) is 105 cm³/mol. The van der Waals surface area contributed by atoms with Crippen molar-refractivity contribution in [3.05, 3.63) is 44.9 Å². The molecule has 2 heterocycles. The van der Waals surface area contributed by atoms with Crippen molar-refractivity contribution in [1.29, 1.82) is 0 Å². The molecule has 0 amide bonds. The van der Waals surface area contributed by atoms with E-state index in [2.05, 4.69) is 5.32 Å². The van der Waals surface area contributed by atoms with E-state index in [9.17, 15) is 14.4 Å². The Morgan fingerprint density at radius 2 is 2.04 bits per heavy atom. The summed E-state index contributed by atoms with van der Waals surface area (Å²) in [5, 5.41) is 5.15. The standard InChI is InChI=1S/C21H25NO5S/c1-10(2)27-21(25)16-12(4)22-13-9-11(3)15(20(24)26-5)19(23)17(13)18(16)14-7-6-8-28-14/h6-8,10-11,15,18,22H,9H2,1-5H3/t11-,15+,18-/m1/s1. The zero-order chi connectivity index (χ0) is 20.6. The third kappa shape index (κ3) is 3.51. The van der Waals surface area contributed by atoms with Crippen LogP contribution in [-0.2, 0) is 23.9 Å². The largest absolute Gasteiger partial charge is 0.468 e. The number of rotatable bonds is 4. The van der Waals surface area contributed by atoms with Crippen molar-refractivity contribution < 1.29 is 23.9 Å². The first-order valence-electron chi connectivity index (χ1n) is 9.33. The highest BCUT2D eigenvalue weighted by Crippen LogP contribution is 2.46. The van der Waals surface area contributed by atoms with Crippen LogP contribution in [0, 0.1) is 11.8 Å². The summed E-state index contributed by atoms with van der Waals surface area (Å²) in [5.74, 6) is -2.87. The second-order valence-corrected chi connectivity index (χ2v) is 8.48. The summed E-state index contributed by atoms with van der Waals surface area (Å²) in [5.41, 5.74) is 2.34. The molecule has 28 heavy (non-hydrogen) atoms. The molecule has 2 aliphatic rings. The average Bonchev–Trinajstić information content (AvgIpc) is 3.13. The molecule has 7 heteroatoms. The number of dihydropyridines is 1. The third-order valence-electron chi connectivity index (χ3n) is 5.13. The van der Waals surface area contributed by atoms with Crippen molar-refractivity contribution in [2.75, 3.05) is 7.11 Å². The molecule has 0 fully saturated rings. The molecule has 0 aromatic carbocycles. The average molecular weight is 404 g/mol. The first-order valence-corrected chi connectivity index (χ1v) is 10.2. The van der Waals surface area contributed by atoms with Gasteiger partial charge in [0.25, 0.3) is 0 Å². The summed E-state index contributed by atoms with van der Waals surface area (Å²) < 4.78 is 10.3. The molecule has 150 valence electrons. The van der Waals surface area contributed by atoms with Crippen molar-refractivity contribution in [2.24, 2.45) is 11.8 Å². The van der Waals surface area contributed by atoms with Crippen molar-refractivity contribution >= 4 is 29.1 Å². The van der Waals surface area contributed by atoms with E-state index < -0.39 is 23.8 Å². The molecule has 1 aliphatic heterocycles. The fraction of sp³-hybridized carbons (Fsp3) is 0.476. The maximum atomic E-state index is 13.4. The molecule has 0 unspecified atom stereocenters. The number of esters is 2. The van der Waals surface area contributed by atoms with Crippen LogP contribution in [0.3, 0.4) is 0 Å². The maximum absolute atomic E-state index is 13.4. The molecule has 1 aromatic rings. The Labute approximate surface area is 168 Å². The van der Waals surface area contributed by atoms with Gasteiger partial charge in [-0.15, -0.1) is 11.3 Å². The lowest BCUT2D eigenvalue weighted by atomic mass is 9.70. The lowest BCUT2D eigenvalue weighted by Crippen LogP contribution is -2.43. The van der Waals surface area contributed by atoms with Gasteiger partial charge in [0, 0.05) is 21.8 Å². The van der Waals surface area contributed by atoms with E-state index in [0.29, 0.717) is 23.3 Å². The van der Waals surface area contributed by atoms with Crippen molar-refractivity contribution in [3.63, 3.8) is 0 Å². The van der Waals surface area contributed by atoms with Crippen molar-refractivity contribution in [1.82, 2.24) is 5.32 Å².